The Bertz CT molecular complexity index is 215. The van der Waals surface area contributed by atoms with Crippen LogP contribution in [0.4, 0.5) is 0 Å². The lowest BCUT2D eigenvalue weighted by Gasteiger charge is -2.11. The first kappa shape index (κ1) is 11.0. The smallest absolute Gasteiger partial charge is 0.306 e. The normalized spacial score (nSPS) is 22.4. The maximum Gasteiger partial charge on any atom is 0.306 e. The summed E-state index contributed by atoms with van der Waals surface area (Å²) in [4.78, 5) is 22.6. The molecule has 0 radical (unpaired) electrons. The van der Waals surface area contributed by atoms with Gasteiger partial charge in [0.1, 0.15) is 0 Å². The highest BCUT2D eigenvalue weighted by atomic mass is 16.5. The Morgan fingerprint density at radius 1 is 1.57 bits per heavy atom. The van der Waals surface area contributed by atoms with Gasteiger partial charge in [0.25, 0.3) is 0 Å². The van der Waals surface area contributed by atoms with Crippen LogP contribution >= 0.6 is 0 Å². The van der Waals surface area contributed by atoms with Gasteiger partial charge in [0, 0.05) is 12.5 Å². The lowest BCUT2D eigenvalue weighted by atomic mass is 9.99. The highest BCUT2D eigenvalue weighted by molar-refractivity contribution is 5.83. The van der Waals surface area contributed by atoms with Crippen molar-refractivity contribution < 1.29 is 14.3 Å². The standard InChI is InChI=1S/C10H17NO3/c1-2-14-9(12)7-8-5-3-4-6-11-10(8)13/h8H,2-7H2,1H3,(H,11,13). The van der Waals surface area contributed by atoms with Crippen molar-refractivity contribution in [2.24, 2.45) is 5.92 Å². The van der Waals surface area contributed by atoms with E-state index in [-0.39, 0.29) is 24.2 Å². The Morgan fingerprint density at radius 3 is 3.07 bits per heavy atom. The number of amides is 1. The average molecular weight is 199 g/mol. The van der Waals surface area contributed by atoms with Crippen LogP contribution in [-0.2, 0) is 14.3 Å². The second-order valence-corrected chi connectivity index (χ2v) is 3.49. The van der Waals surface area contributed by atoms with Gasteiger partial charge < -0.3 is 10.1 Å². The van der Waals surface area contributed by atoms with Gasteiger partial charge in [-0.3, -0.25) is 9.59 Å². The first-order valence-electron chi connectivity index (χ1n) is 5.17. The summed E-state index contributed by atoms with van der Waals surface area (Å²) < 4.78 is 4.81. The van der Waals surface area contributed by atoms with E-state index in [1.54, 1.807) is 6.92 Å². The number of ether oxygens (including phenoxy) is 1. The van der Waals surface area contributed by atoms with Crippen LogP contribution in [0.5, 0.6) is 0 Å². The van der Waals surface area contributed by atoms with E-state index < -0.39 is 0 Å². The van der Waals surface area contributed by atoms with Gasteiger partial charge in [-0.1, -0.05) is 6.42 Å². The third-order valence-corrected chi connectivity index (χ3v) is 2.37. The van der Waals surface area contributed by atoms with E-state index in [0.717, 1.165) is 25.8 Å². The Balaban J connectivity index is 2.40. The molecule has 1 unspecified atom stereocenters. The van der Waals surface area contributed by atoms with Gasteiger partial charge in [0.2, 0.25) is 5.91 Å². The van der Waals surface area contributed by atoms with Crippen molar-refractivity contribution in [1.29, 1.82) is 0 Å². The van der Waals surface area contributed by atoms with Crippen molar-refractivity contribution in [2.75, 3.05) is 13.2 Å². The minimum Gasteiger partial charge on any atom is -0.466 e. The summed E-state index contributed by atoms with van der Waals surface area (Å²) in [7, 11) is 0. The molecular weight excluding hydrogens is 182 g/mol. The monoisotopic (exact) mass is 199 g/mol. The predicted octanol–water partition coefficient (Wildman–Crippen LogP) is 0.856. The van der Waals surface area contributed by atoms with E-state index in [2.05, 4.69) is 5.32 Å². The number of rotatable bonds is 3. The fraction of sp³-hybridized carbons (Fsp3) is 0.800. The molecule has 0 aromatic rings. The second-order valence-electron chi connectivity index (χ2n) is 3.49. The molecule has 1 fully saturated rings. The molecule has 0 spiro atoms. The van der Waals surface area contributed by atoms with Crippen LogP contribution in [-0.4, -0.2) is 25.0 Å². The molecule has 0 aliphatic carbocycles. The quantitative estimate of drug-likeness (QED) is 0.686. The van der Waals surface area contributed by atoms with Crippen LogP contribution < -0.4 is 5.32 Å². The number of carbonyl (C=O) groups is 2. The molecule has 1 atom stereocenters. The third-order valence-electron chi connectivity index (χ3n) is 2.37. The van der Waals surface area contributed by atoms with E-state index >= 15 is 0 Å². The van der Waals surface area contributed by atoms with Crippen molar-refractivity contribution in [1.82, 2.24) is 5.32 Å². The second kappa shape index (κ2) is 5.62. The lowest BCUT2D eigenvalue weighted by molar-refractivity contribution is -0.146. The molecule has 0 aromatic heterocycles. The molecule has 80 valence electrons. The first-order valence-corrected chi connectivity index (χ1v) is 5.17. The van der Waals surface area contributed by atoms with Crippen LogP contribution in [0, 0.1) is 5.92 Å². The van der Waals surface area contributed by atoms with E-state index in [1.807, 2.05) is 0 Å². The lowest BCUT2D eigenvalue weighted by Crippen LogP contribution is -2.30. The molecule has 14 heavy (non-hydrogen) atoms. The molecule has 4 heteroatoms. The highest BCUT2D eigenvalue weighted by Crippen LogP contribution is 2.16. The SMILES string of the molecule is CCOC(=O)CC1CCCCNC1=O. The minimum atomic E-state index is -0.269. The zero-order valence-corrected chi connectivity index (χ0v) is 8.54. The molecule has 1 aliphatic heterocycles. The zero-order valence-electron chi connectivity index (χ0n) is 8.54. The summed E-state index contributed by atoms with van der Waals surface area (Å²) in [6.07, 6.45) is 3.03. The summed E-state index contributed by atoms with van der Waals surface area (Å²) in [6.45, 7) is 2.89. The van der Waals surface area contributed by atoms with Crippen molar-refractivity contribution in [2.45, 2.75) is 32.6 Å². The number of esters is 1. The summed E-state index contributed by atoms with van der Waals surface area (Å²) >= 11 is 0. The number of hydrogen-bond donors (Lipinski definition) is 1. The summed E-state index contributed by atoms with van der Waals surface area (Å²) in [5, 5.41) is 2.80. The van der Waals surface area contributed by atoms with E-state index in [9.17, 15) is 9.59 Å². The largest absolute Gasteiger partial charge is 0.466 e. The molecule has 0 aromatic carbocycles. The molecule has 1 heterocycles. The number of hydrogen-bond acceptors (Lipinski definition) is 3. The number of carbonyl (C=O) groups excluding carboxylic acids is 2. The van der Waals surface area contributed by atoms with Crippen LogP contribution in [0.3, 0.4) is 0 Å². The maximum atomic E-state index is 11.4. The third kappa shape index (κ3) is 3.36. The van der Waals surface area contributed by atoms with Gasteiger partial charge in [0.15, 0.2) is 0 Å². The maximum absolute atomic E-state index is 11.4. The van der Waals surface area contributed by atoms with Crippen molar-refractivity contribution in [3.63, 3.8) is 0 Å². The van der Waals surface area contributed by atoms with E-state index in [0.29, 0.717) is 6.61 Å². The van der Waals surface area contributed by atoms with Crippen LogP contribution in [0.1, 0.15) is 32.6 Å². The molecule has 0 saturated carbocycles. The summed E-state index contributed by atoms with van der Waals surface area (Å²) in [5.41, 5.74) is 0. The Morgan fingerprint density at radius 2 is 2.36 bits per heavy atom. The Labute approximate surface area is 84.0 Å². The van der Waals surface area contributed by atoms with Gasteiger partial charge in [0.05, 0.1) is 13.0 Å². The molecule has 1 aliphatic rings. The van der Waals surface area contributed by atoms with Gasteiger partial charge in [-0.05, 0) is 19.8 Å². The first-order chi connectivity index (χ1) is 6.74. The predicted molar refractivity (Wildman–Crippen MR) is 51.6 cm³/mol. The molecule has 4 nitrogen and oxygen atoms in total. The van der Waals surface area contributed by atoms with Crippen molar-refractivity contribution in [3.05, 3.63) is 0 Å². The van der Waals surface area contributed by atoms with E-state index in [4.69, 9.17) is 4.74 Å². The van der Waals surface area contributed by atoms with E-state index in [1.165, 1.54) is 0 Å². The number of nitrogens with one attached hydrogen (secondary N) is 1. The van der Waals surface area contributed by atoms with Crippen molar-refractivity contribution >= 4 is 11.9 Å². The summed E-state index contributed by atoms with van der Waals surface area (Å²) in [6, 6.07) is 0. The van der Waals surface area contributed by atoms with Crippen LogP contribution in [0.2, 0.25) is 0 Å². The fourth-order valence-corrected chi connectivity index (χ4v) is 1.62. The van der Waals surface area contributed by atoms with Gasteiger partial charge in [-0.25, -0.2) is 0 Å². The topological polar surface area (TPSA) is 55.4 Å². The molecule has 1 amide bonds. The van der Waals surface area contributed by atoms with Crippen LogP contribution in [0.25, 0.3) is 0 Å². The fourth-order valence-electron chi connectivity index (χ4n) is 1.62. The summed E-state index contributed by atoms with van der Waals surface area (Å²) in [5.74, 6) is -0.457. The molecular formula is C10H17NO3. The zero-order chi connectivity index (χ0) is 10.4. The van der Waals surface area contributed by atoms with Crippen LogP contribution in [0.15, 0.2) is 0 Å². The average Bonchev–Trinajstić information content (AvgIpc) is 2.33. The highest BCUT2D eigenvalue weighted by Gasteiger charge is 2.23. The Kier molecular flexibility index (Phi) is 4.43. The molecule has 1 rings (SSSR count). The van der Waals surface area contributed by atoms with Gasteiger partial charge in [-0.2, -0.15) is 0 Å². The van der Waals surface area contributed by atoms with Crippen molar-refractivity contribution in [3.8, 4) is 0 Å². The van der Waals surface area contributed by atoms with Gasteiger partial charge >= 0.3 is 5.97 Å². The molecule has 1 N–H and O–H groups in total. The minimum absolute atomic E-state index is 0.00412. The van der Waals surface area contributed by atoms with Gasteiger partial charge in [-0.15, -0.1) is 0 Å². The Hall–Kier alpha value is -1.06. The molecule has 0 bridgehead atoms. The molecule has 1 saturated heterocycles.